The molecule has 1 heterocycles. The van der Waals surface area contributed by atoms with E-state index in [1.165, 1.54) is 5.56 Å². The van der Waals surface area contributed by atoms with Crippen molar-refractivity contribution in [2.24, 2.45) is 0 Å². The van der Waals surface area contributed by atoms with Gasteiger partial charge in [0.15, 0.2) is 0 Å². The molecule has 22 heavy (non-hydrogen) atoms. The van der Waals surface area contributed by atoms with Crippen LogP contribution in [0.3, 0.4) is 0 Å². The molecule has 1 unspecified atom stereocenters. The molecule has 0 radical (unpaired) electrons. The quantitative estimate of drug-likeness (QED) is 0.779. The molecule has 0 bridgehead atoms. The maximum absolute atomic E-state index is 5.74. The maximum Gasteiger partial charge on any atom is 0.130 e. The lowest BCUT2D eigenvalue weighted by molar-refractivity contribution is 0.121. The normalized spacial score (nSPS) is 17.1. The molecule has 0 saturated carbocycles. The van der Waals surface area contributed by atoms with Crippen LogP contribution in [-0.2, 0) is 11.2 Å². The number of ether oxygens (including phenoxy) is 3. The van der Waals surface area contributed by atoms with Gasteiger partial charge in [0.25, 0.3) is 0 Å². The van der Waals surface area contributed by atoms with Gasteiger partial charge < -0.3 is 14.2 Å². The van der Waals surface area contributed by atoms with Crippen molar-refractivity contribution in [3.8, 4) is 11.5 Å². The van der Waals surface area contributed by atoms with Gasteiger partial charge in [0, 0.05) is 16.3 Å². The number of hydrogen-bond acceptors (Lipinski definition) is 3. The highest BCUT2D eigenvalue weighted by Gasteiger charge is 2.19. The van der Waals surface area contributed by atoms with E-state index in [9.17, 15) is 0 Å². The molecule has 0 aromatic heterocycles. The van der Waals surface area contributed by atoms with E-state index in [2.05, 4.69) is 31.2 Å². The minimum absolute atomic E-state index is 0.210. The summed E-state index contributed by atoms with van der Waals surface area (Å²) in [4.78, 5) is 0. The van der Waals surface area contributed by atoms with Crippen molar-refractivity contribution >= 4 is 10.8 Å². The molecule has 0 aliphatic carbocycles. The molecule has 3 heteroatoms. The fourth-order valence-electron chi connectivity index (χ4n) is 3.26. The Morgan fingerprint density at radius 2 is 1.77 bits per heavy atom. The van der Waals surface area contributed by atoms with Crippen LogP contribution < -0.4 is 9.47 Å². The number of benzene rings is 2. The zero-order chi connectivity index (χ0) is 15.5. The Balaban J connectivity index is 2.06. The highest BCUT2D eigenvalue weighted by molar-refractivity contribution is 5.96. The van der Waals surface area contributed by atoms with Crippen LogP contribution in [0.1, 0.15) is 17.5 Å². The van der Waals surface area contributed by atoms with Gasteiger partial charge in [0.1, 0.15) is 11.5 Å². The van der Waals surface area contributed by atoms with E-state index in [-0.39, 0.29) is 6.10 Å². The average Bonchev–Trinajstić information content (AvgIpc) is 3.06. The van der Waals surface area contributed by atoms with Crippen molar-refractivity contribution in [3.05, 3.63) is 47.5 Å². The van der Waals surface area contributed by atoms with Crippen molar-refractivity contribution < 1.29 is 14.2 Å². The summed E-state index contributed by atoms with van der Waals surface area (Å²) in [5, 5.41) is 2.20. The van der Waals surface area contributed by atoms with Crippen LogP contribution >= 0.6 is 0 Å². The summed E-state index contributed by atoms with van der Waals surface area (Å²) in [6.45, 7) is 2.83. The van der Waals surface area contributed by atoms with Gasteiger partial charge in [0.2, 0.25) is 0 Å². The second kappa shape index (κ2) is 6.41. The molecule has 1 atom stereocenters. The predicted octanol–water partition coefficient (Wildman–Crippen LogP) is 4.05. The molecule has 1 aliphatic rings. The lowest BCUT2D eigenvalue weighted by Crippen LogP contribution is -2.08. The zero-order valence-corrected chi connectivity index (χ0v) is 13.4. The highest BCUT2D eigenvalue weighted by Crippen LogP contribution is 2.41. The smallest absolute Gasteiger partial charge is 0.130 e. The molecule has 3 rings (SSSR count). The fraction of sp³-hybridized carbons (Fsp3) is 0.368. The first-order valence-electron chi connectivity index (χ1n) is 7.66. The molecular weight excluding hydrogens is 276 g/mol. The minimum atomic E-state index is 0.210. The number of hydrogen-bond donors (Lipinski definition) is 0. The van der Waals surface area contributed by atoms with Crippen molar-refractivity contribution in [1.29, 1.82) is 0 Å². The third-order valence-electron chi connectivity index (χ3n) is 4.33. The Morgan fingerprint density at radius 1 is 1.09 bits per heavy atom. The molecule has 0 N–H and O–H groups in total. The molecule has 116 valence electrons. The Morgan fingerprint density at radius 3 is 2.36 bits per heavy atom. The molecule has 0 fully saturated rings. The number of rotatable bonds is 5. The molecule has 2 aromatic carbocycles. The zero-order valence-electron chi connectivity index (χ0n) is 13.4. The van der Waals surface area contributed by atoms with Crippen LogP contribution in [0.2, 0.25) is 0 Å². The van der Waals surface area contributed by atoms with Gasteiger partial charge in [-0.25, -0.2) is 0 Å². The second-order valence-corrected chi connectivity index (χ2v) is 5.55. The first kappa shape index (κ1) is 14.9. The lowest BCUT2D eigenvalue weighted by atomic mass is 9.94. The van der Waals surface area contributed by atoms with Gasteiger partial charge in [0.05, 0.1) is 26.9 Å². The molecule has 0 spiro atoms. The molecule has 0 saturated heterocycles. The number of fused-ring (bicyclic) bond motifs is 1. The second-order valence-electron chi connectivity index (χ2n) is 5.55. The van der Waals surface area contributed by atoms with E-state index in [1.54, 1.807) is 14.2 Å². The lowest BCUT2D eigenvalue weighted by Gasteiger charge is -2.19. The van der Waals surface area contributed by atoms with Gasteiger partial charge in [-0.2, -0.15) is 0 Å². The van der Waals surface area contributed by atoms with E-state index in [0.717, 1.165) is 47.3 Å². The average molecular weight is 298 g/mol. The van der Waals surface area contributed by atoms with Crippen LogP contribution in [0.25, 0.3) is 10.8 Å². The summed E-state index contributed by atoms with van der Waals surface area (Å²) in [6, 6.07) is 8.23. The third-order valence-corrected chi connectivity index (χ3v) is 4.33. The van der Waals surface area contributed by atoms with Gasteiger partial charge in [-0.3, -0.25) is 0 Å². The topological polar surface area (TPSA) is 27.7 Å². The van der Waals surface area contributed by atoms with E-state index in [0.29, 0.717) is 0 Å². The maximum atomic E-state index is 5.74. The minimum Gasteiger partial charge on any atom is -0.496 e. The first-order chi connectivity index (χ1) is 10.8. The third kappa shape index (κ3) is 2.57. The molecule has 2 aromatic rings. The summed E-state index contributed by atoms with van der Waals surface area (Å²) in [6.07, 6.45) is 6.29. The predicted molar refractivity (Wildman–Crippen MR) is 89.0 cm³/mol. The molecule has 3 nitrogen and oxygen atoms in total. The molecular formula is C19H22O3. The van der Waals surface area contributed by atoms with Crippen LogP contribution in [0, 0.1) is 6.92 Å². The number of methoxy groups -OCH3 is 2. The van der Waals surface area contributed by atoms with Gasteiger partial charge in [-0.15, -0.1) is 0 Å². The monoisotopic (exact) mass is 298 g/mol. The summed E-state index contributed by atoms with van der Waals surface area (Å²) in [5.74, 6) is 1.89. The van der Waals surface area contributed by atoms with E-state index in [1.807, 2.05) is 12.1 Å². The first-order valence-corrected chi connectivity index (χ1v) is 7.66. The van der Waals surface area contributed by atoms with E-state index >= 15 is 0 Å². The van der Waals surface area contributed by atoms with Gasteiger partial charge in [-0.05, 0) is 25.3 Å². The Hall–Kier alpha value is -2.00. The summed E-state index contributed by atoms with van der Waals surface area (Å²) in [7, 11) is 3.47. The van der Waals surface area contributed by atoms with Crippen LogP contribution in [-0.4, -0.2) is 26.9 Å². The largest absolute Gasteiger partial charge is 0.496 e. The summed E-state index contributed by atoms with van der Waals surface area (Å²) in [5.41, 5.74) is 2.36. The molecule has 1 aliphatic heterocycles. The van der Waals surface area contributed by atoms with Crippen LogP contribution in [0.5, 0.6) is 11.5 Å². The van der Waals surface area contributed by atoms with Gasteiger partial charge >= 0.3 is 0 Å². The van der Waals surface area contributed by atoms with Crippen LogP contribution in [0.15, 0.2) is 36.4 Å². The van der Waals surface area contributed by atoms with Crippen molar-refractivity contribution in [3.63, 3.8) is 0 Å². The molecule has 0 amide bonds. The van der Waals surface area contributed by atoms with Crippen molar-refractivity contribution in [2.75, 3.05) is 20.8 Å². The summed E-state index contributed by atoms with van der Waals surface area (Å²) >= 11 is 0. The van der Waals surface area contributed by atoms with E-state index in [4.69, 9.17) is 14.2 Å². The van der Waals surface area contributed by atoms with Crippen molar-refractivity contribution in [2.45, 2.75) is 25.9 Å². The van der Waals surface area contributed by atoms with Gasteiger partial charge in [-0.1, -0.05) is 36.4 Å². The van der Waals surface area contributed by atoms with Crippen LogP contribution in [0.4, 0.5) is 0 Å². The SMILES string of the molecule is COc1c(C)c(CCC2C=CCO2)c(OC)c2ccccc12. The summed E-state index contributed by atoms with van der Waals surface area (Å²) < 4.78 is 17.1. The highest BCUT2D eigenvalue weighted by atomic mass is 16.5. The Labute approximate surface area is 131 Å². The van der Waals surface area contributed by atoms with Crippen molar-refractivity contribution in [1.82, 2.24) is 0 Å². The standard InChI is InChI=1S/C19H22O3/c1-13-15(11-10-14-7-6-12-22-14)19(21-3)17-9-5-4-8-16(17)18(13)20-2/h4-9,14H,10-12H2,1-3H3. The Kier molecular flexibility index (Phi) is 4.34. The fourth-order valence-corrected chi connectivity index (χ4v) is 3.26. The van der Waals surface area contributed by atoms with E-state index < -0.39 is 0 Å². The Bertz CT molecular complexity index is 703.